The summed E-state index contributed by atoms with van der Waals surface area (Å²) < 4.78 is 17.7. The average Bonchev–Trinajstić information content (AvgIpc) is 2.77. The molecule has 0 aromatic heterocycles. The Hall–Kier alpha value is -2.70. The Kier molecular flexibility index (Phi) is 8.42. The minimum atomic E-state index is -1.77. The van der Waals surface area contributed by atoms with Crippen LogP contribution in [0.3, 0.4) is 0 Å². The molecule has 1 aliphatic rings. The van der Waals surface area contributed by atoms with Gasteiger partial charge < -0.3 is 13.8 Å². The Morgan fingerprint density at radius 2 is 1.66 bits per heavy atom. The maximum Gasteiger partial charge on any atom is 0.382 e. The van der Waals surface area contributed by atoms with Gasteiger partial charge in [-0.3, -0.25) is 14.9 Å². The molecule has 0 heterocycles. The van der Waals surface area contributed by atoms with Crippen molar-refractivity contribution in [1.29, 1.82) is 0 Å². The van der Waals surface area contributed by atoms with Gasteiger partial charge in [0.15, 0.2) is 0 Å². The third kappa shape index (κ3) is 6.17. The molecular weight excluding hydrogens is 431 g/mol. The van der Waals surface area contributed by atoms with E-state index < -0.39 is 19.0 Å². The summed E-state index contributed by atoms with van der Waals surface area (Å²) in [6.07, 6.45) is 4.08. The molecule has 8 nitrogen and oxygen atoms in total. The minimum Gasteiger partial charge on any atom is -0.464 e. The van der Waals surface area contributed by atoms with Gasteiger partial charge in [0.05, 0.1) is 11.5 Å². The molecule has 0 radical (unpaired) electrons. The maximum atomic E-state index is 13.0. The fraction of sp³-hybridized carbons (Fsp3) is 0.435. The van der Waals surface area contributed by atoms with Gasteiger partial charge in [-0.15, -0.1) is 0 Å². The number of carbonyl (C=O) groups excluding carboxylic acids is 1. The highest BCUT2D eigenvalue weighted by molar-refractivity contribution is 7.46. The van der Waals surface area contributed by atoms with Gasteiger partial charge in [-0.2, -0.15) is 0 Å². The van der Waals surface area contributed by atoms with Crippen LogP contribution in [0, 0.1) is 16.0 Å². The van der Waals surface area contributed by atoms with Crippen LogP contribution < -0.4 is 14.1 Å². The second-order valence-corrected chi connectivity index (χ2v) is 8.94. The summed E-state index contributed by atoms with van der Waals surface area (Å²) in [7, 11) is -1.77. The number of nitro groups is 1. The molecule has 1 atom stereocenters. The van der Waals surface area contributed by atoms with E-state index in [1.807, 2.05) is 18.2 Å². The van der Waals surface area contributed by atoms with E-state index in [2.05, 4.69) is 18.9 Å². The lowest BCUT2D eigenvalue weighted by molar-refractivity contribution is -0.384. The predicted molar refractivity (Wildman–Crippen MR) is 122 cm³/mol. The van der Waals surface area contributed by atoms with E-state index in [4.69, 9.17) is 13.8 Å². The smallest absolute Gasteiger partial charge is 0.382 e. The number of rotatable bonds is 12. The van der Waals surface area contributed by atoms with E-state index in [1.54, 1.807) is 12.1 Å². The Morgan fingerprint density at radius 3 is 2.16 bits per heavy atom. The molecule has 172 valence electrons. The Morgan fingerprint density at radius 1 is 1.06 bits per heavy atom. The number of nitro benzene ring substituents is 1. The van der Waals surface area contributed by atoms with Crippen LogP contribution in [0.4, 0.5) is 5.69 Å². The zero-order valence-electron chi connectivity index (χ0n) is 18.4. The first-order chi connectivity index (χ1) is 15.5. The van der Waals surface area contributed by atoms with Gasteiger partial charge in [-0.05, 0) is 49.4 Å². The summed E-state index contributed by atoms with van der Waals surface area (Å²) in [6.45, 7) is 4.57. The molecule has 0 amide bonds. The van der Waals surface area contributed by atoms with Crippen molar-refractivity contribution in [2.45, 2.75) is 51.5 Å². The summed E-state index contributed by atoms with van der Waals surface area (Å²) >= 11 is 0. The predicted octanol–water partition coefficient (Wildman–Crippen LogP) is 5.77. The van der Waals surface area contributed by atoms with Crippen LogP contribution in [0.15, 0.2) is 54.6 Å². The molecule has 1 fully saturated rings. The van der Waals surface area contributed by atoms with E-state index in [0.29, 0.717) is 36.9 Å². The van der Waals surface area contributed by atoms with Crippen LogP contribution in [-0.4, -0.2) is 23.0 Å². The van der Waals surface area contributed by atoms with Crippen LogP contribution in [-0.2, 0) is 9.53 Å². The highest BCUT2D eigenvalue weighted by Crippen LogP contribution is 2.45. The highest BCUT2D eigenvalue weighted by Gasteiger charge is 2.49. The Balaban J connectivity index is 1.74. The number of ether oxygens (including phenoxy) is 1. The van der Waals surface area contributed by atoms with Gasteiger partial charge in [0.2, 0.25) is 0 Å². The van der Waals surface area contributed by atoms with Crippen molar-refractivity contribution in [2.24, 2.45) is 5.92 Å². The quantitative estimate of drug-likeness (QED) is 0.186. The summed E-state index contributed by atoms with van der Waals surface area (Å²) in [6, 6.07) is 14.9. The van der Waals surface area contributed by atoms with E-state index in [0.717, 1.165) is 19.3 Å². The second-order valence-electron chi connectivity index (χ2n) is 7.83. The number of hydrogen-bond donors (Lipinski definition) is 1. The van der Waals surface area contributed by atoms with E-state index in [-0.39, 0.29) is 11.7 Å². The zero-order chi connectivity index (χ0) is 23.0. The standard InChI is InChI=1S/C23H29N2O6P/c1-3-18(4-2)17-29-22(26)23(15-8-16-23)24-32(30-20-9-6-5-7-10-20)31-21-13-11-19(12-14-21)25(27)28/h5-7,9-14,18,24H,3-4,8,15-17H2,1-2H3. The molecule has 3 rings (SSSR count). The fourth-order valence-corrected chi connectivity index (χ4v) is 4.71. The van der Waals surface area contributed by atoms with Crippen molar-refractivity contribution in [3.05, 3.63) is 64.7 Å². The first kappa shape index (κ1) is 24.0. The topological polar surface area (TPSA) is 99.9 Å². The molecule has 0 saturated heterocycles. The molecule has 1 aliphatic carbocycles. The van der Waals surface area contributed by atoms with Crippen LogP contribution in [0.25, 0.3) is 0 Å². The second kappa shape index (κ2) is 11.2. The summed E-state index contributed by atoms with van der Waals surface area (Å²) in [5.41, 5.74) is -0.883. The van der Waals surface area contributed by atoms with E-state index in [1.165, 1.54) is 24.3 Å². The summed E-state index contributed by atoms with van der Waals surface area (Å²) in [4.78, 5) is 23.4. The molecule has 1 saturated carbocycles. The lowest BCUT2D eigenvalue weighted by Gasteiger charge is -2.41. The zero-order valence-corrected chi connectivity index (χ0v) is 19.3. The number of hydrogen-bond acceptors (Lipinski definition) is 7. The third-order valence-corrected chi connectivity index (χ3v) is 7.04. The Labute approximate surface area is 189 Å². The van der Waals surface area contributed by atoms with Crippen molar-refractivity contribution in [2.75, 3.05) is 6.61 Å². The van der Waals surface area contributed by atoms with Crippen LogP contribution in [0.1, 0.15) is 46.0 Å². The van der Waals surface area contributed by atoms with Gasteiger partial charge in [0.1, 0.15) is 17.0 Å². The van der Waals surface area contributed by atoms with Crippen molar-refractivity contribution in [3.8, 4) is 11.5 Å². The number of non-ortho nitro benzene ring substituents is 1. The monoisotopic (exact) mass is 460 g/mol. The van der Waals surface area contributed by atoms with Gasteiger partial charge in [0.25, 0.3) is 5.69 Å². The maximum absolute atomic E-state index is 13.0. The molecule has 1 N–H and O–H groups in total. The Bertz CT molecular complexity index is 885. The number of nitrogens with one attached hydrogen (secondary N) is 1. The largest absolute Gasteiger partial charge is 0.464 e. The van der Waals surface area contributed by atoms with Crippen LogP contribution in [0.5, 0.6) is 11.5 Å². The third-order valence-electron chi connectivity index (χ3n) is 5.68. The lowest BCUT2D eigenvalue weighted by Crippen LogP contribution is -2.56. The molecule has 0 aliphatic heterocycles. The summed E-state index contributed by atoms with van der Waals surface area (Å²) in [5.74, 6) is 1.06. The van der Waals surface area contributed by atoms with Gasteiger partial charge >= 0.3 is 14.5 Å². The van der Waals surface area contributed by atoms with Crippen LogP contribution in [0.2, 0.25) is 0 Å². The SMILES string of the molecule is CCC(CC)COC(=O)C1(NP(Oc2ccccc2)Oc2ccc([N+](=O)[O-])cc2)CCC1. The van der Waals surface area contributed by atoms with Crippen molar-refractivity contribution in [1.82, 2.24) is 5.09 Å². The van der Waals surface area contributed by atoms with Crippen molar-refractivity contribution in [3.63, 3.8) is 0 Å². The summed E-state index contributed by atoms with van der Waals surface area (Å²) in [5, 5.41) is 14.2. The highest BCUT2D eigenvalue weighted by atomic mass is 31.2. The number of benzene rings is 2. The molecule has 32 heavy (non-hydrogen) atoms. The van der Waals surface area contributed by atoms with E-state index in [9.17, 15) is 14.9 Å². The number of esters is 1. The number of carbonyl (C=O) groups is 1. The first-order valence-corrected chi connectivity index (χ1v) is 12.0. The van der Waals surface area contributed by atoms with Crippen molar-refractivity contribution >= 4 is 20.2 Å². The molecule has 2 aromatic carbocycles. The molecule has 0 bridgehead atoms. The molecule has 0 spiro atoms. The van der Waals surface area contributed by atoms with Crippen LogP contribution >= 0.6 is 8.53 Å². The fourth-order valence-electron chi connectivity index (χ4n) is 3.29. The minimum absolute atomic E-state index is 0.0286. The van der Waals surface area contributed by atoms with Gasteiger partial charge in [-0.1, -0.05) is 44.9 Å². The van der Waals surface area contributed by atoms with Crippen molar-refractivity contribution < 1.29 is 23.5 Å². The van der Waals surface area contributed by atoms with Gasteiger partial charge in [-0.25, -0.2) is 5.09 Å². The normalized spacial score (nSPS) is 15.5. The molecule has 1 unspecified atom stereocenters. The average molecular weight is 460 g/mol. The molecule has 9 heteroatoms. The number of para-hydroxylation sites is 1. The van der Waals surface area contributed by atoms with Gasteiger partial charge in [0, 0.05) is 12.1 Å². The van der Waals surface area contributed by atoms with E-state index >= 15 is 0 Å². The first-order valence-electron chi connectivity index (χ1n) is 10.9. The lowest BCUT2D eigenvalue weighted by atomic mass is 9.78. The molecular formula is C23H29N2O6P. The number of nitrogens with zero attached hydrogens (tertiary/aromatic N) is 1. The molecule has 2 aromatic rings.